The summed E-state index contributed by atoms with van der Waals surface area (Å²) in [5.74, 6) is 0.615. The van der Waals surface area contributed by atoms with Crippen molar-refractivity contribution < 1.29 is 14.0 Å². The van der Waals surface area contributed by atoms with Gasteiger partial charge in [-0.1, -0.05) is 0 Å². The standard InChI is InChI=1S/C20H24N2O3/c1-20(2,3)21-18(23)14-6-8-15(9-7-14)19(24)22(16-10-11-16)13-17-5-4-12-25-17/h4-9,12,16H,10-11,13H2,1-3H3,(H,21,23). The van der Waals surface area contributed by atoms with Crippen molar-refractivity contribution in [2.24, 2.45) is 0 Å². The van der Waals surface area contributed by atoms with Crippen LogP contribution in [0.3, 0.4) is 0 Å². The van der Waals surface area contributed by atoms with Gasteiger partial charge in [0, 0.05) is 22.7 Å². The molecule has 1 aromatic heterocycles. The first-order valence-electron chi connectivity index (χ1n) is 8.59. The zero-order valence-electron chi connectivity index (χ0n) is 14.9. The number of nitrogens with zero attached hydrogens (tertiary/aromatic N) is 1. The van der Waals surface area contributed by atoms with Gasteiger partial charge in [-0.15, -0.1) is 0 Å². The van der Waals surface area contributed by atoms with Crippen LogP contribution in [0.2, 0.25) is 0 Å². The summed E-state index contributed by atoms with van der Waals surface area (Å²) in [6, 6.07) is 10.8. The predicted molar refractivity (Wildman–Crippen MR) is 95.3 cm³/mol. The van der Waals surface area contributed by atoms with E-state index >= 15 is 0 Å². The quantitative estimate of drug-likeness (QED) is 0.904. The summed E-state index contributed by atoms with van der Waals surface area (Å²) in [4.78, 5) is 26.9. The van der Waals surface area contributed by atoms with Crippen molar-refractivity contribution in [1.82, 2.24) is 10.2 Å². The zero-order chi connectivity index (χ0) is 18.0. The smallest absolute Gasteiger partial charge is 0.254 e. The Morgan fingerprint density at radius 2 is 1.76 bits per heavy atom. The molecule has 0 radical (unpaired) electrons. The summed E-state index contributed by atoms with van der Waals surface area (Å²) in [5, 5.41) is 2.92. The average molecular weight is 340 g/mol. The molecule has 0 unspecified atom stereocenters. The minimum atomic E-state index is -0.294. The number of carbonyl (C=O) groups is 2. The summed E-state index contributed by atoms with van der Waals surface area (Å²) in [6.07, 6.45) is 3.67. The Bertz CT molecular complexity index is 738. The molecule has 1 aliphatic rings. The van der Waals surface area contributed by atoms with E-state index in [1.165, 1.54) is 0 Å². The summed E-state index contributed by atoms with van der Waals surface area (Å²) < 4.78 is 5.38. The van der Waals surface area contributed by atoms with Crippen molar-refractivity contribution in [3.05, 3.63) is 59.5 Å². The minimum absolute atomic E-state index is 0.0262. The van der Waals surface area contributed by atoms with E-state index in [1.54, 1.807) is 30.5 Å². The molecule has 1 aliphatic carbocycles. The lowest BCUT2D eigenvalue weighted by atomic mass is 10.1. The highest BCUT2D eigenvalue weighted by atomic mass is 16.3. The highest BCUT2D eigenvalue weighted by molar-refractivity contribution is 5.98. The van der Waals surface area contributed by atoms with Crippen molar-refractivity contribution in [3.63, 3.8) is 0 Å². The molecular formula is C20H24N2O3. The van der Waals surface area contributed by atoms with Gasteiger partial charge in [0.15, 0.2) is 0 Å². The number of nitrogens with one attached hydrogen (secondary N) is 1. The van der Waals surface area contributed by atoms with Crippen LogP contribution in [0, 0.1) is 0 Å². The van der Waals surface area contributed by atoms with Crippen molar-refractivity contribution in [3.8, 4) is 0 Å². The second-order valence-corrected chi connectivity index (χ2v) is 7.53. The molecule has 132 valence electrons. The van der Waals surface area contributed by atoms with Gasteiger partial charge in [-0.05, 0) is 70.0 Å². The van der Waals surface area contributed by atoms with E-state index < -0.39 is 0 Å². The number of furan rings is 1. The third-order valence-electron chi connectivity index (χ3n) is 4.04. The minimum Gasteiger partial charge on any atom is -0.467 e. The molecule has 1 aromatic carbocycles. The summed E-state index contributed by atoms with van der Waals surface area (Å²) in [6.45, 7) is 6.28. The average Bonchev–Trinajstić information content (AvgIpc) is 3.27. The van der Waals surface area contributed by atoms with Gasteiger partial charge in [-0.3, -0.25) is 9.59 Å². The van der Waals surface area contributed by atoms with Gasteiger partial charge in [0.25, 0.3) is 11.8 Å². The molecule has 5 heteroatoms. The Balaban J connectivity index is 1.72. The van der Waals surface area contributed by atoms with E-state index in [-0.39, 0.29) is 23.4 Å². The van der Waals surface area contributed by atoms with Crippen LogP contribution in [0.1, 0.15) is 60.1 Å². The Labute approximate surface area is 148 Å². The predicted octanol–water partition coefficient (Wildman–Crippen LogP) is 3.61. The number of hydrogen-bond acceptors (Lipinski definition) is 3. The molecule has 0 bridgehead atoms. The number of rotatable bonds is 5. The van der Waals surface area contributed by atoms with Crippen molar-refractivity contribution in [2.45, 2.75) is 51.7 Å². The van der Waals surface area contributed by atoms with E-state index in [4.69, 9.17) is 4.42 Å². The van der Waals surface area contributed by atoms with Crippen LogP contribution in [0.5, 0.6) is 0 Å². The topological polar surface area (TPSA) is 62.6 Å². The van der Waals surface area contributed by atoms with E-state index in [2.05, 4.69) is 5.32 Å². The van der Waals surface area contributed by atoms with Gasteiger partial charge in [0.1, 0.15) is 5.76 Å². The van der Waals surface area contributed by atoms with Gasteiger partial charge < -0.3 is 14.6 Å². The first-order valence-corrected chi connectivity index (χ1v) is 8.59. The fourth-order valence-electron chi connectivity index (χ4n) is 2.67. The Hall–Kier alpha value is -2.56. The molecule has 0 atom stereocenters. The van der Waals surface area contributed by atoms with Gasteiger partial charge in [-0.2, -0.15) is 0 Å². The molecule has 0 saturated heterocycles. The molecule has 3 rings (SSSR count). The van der Waals surface area contributed by atoms with E-state index in [1.807, 2.05) is 37.8 Å². The largest absolute Gasteiger partial charge is 0.467 e. The maximum Gasteiger partial charge on any atom is 0.254 e. The molecule has 0 spiro atoms. The molecule has 2 aromatic rings. The first kappa shape index (κ1) is 17.3. The van der Waals surface area contributed by atoms with E-state index in [9.17, 15) is 9.59 Å². The molecule has 1 saturated carbocycles. The van der Waals surface area contributed by atoms with Crippen LogP contribution >= 0.6 is 0 Å². The zero-order valence-corrected chi connectivity index (χ0v) is 14.9. The highest BCUT2D eigenvalue weighted by Gasteiger charge is 2.33. The molecule has 25 heavy (non-hydrogen) atoms. The third kappa shape index (κ3) is 4.50. The second kappa shape index (κ2) is 6.75. The van der Waals surface area contributed by atoms with Crippen molar-refractivity contribution in [1.29, 1.82) is 0 Å². The lowest BCUT2D eigenvalue weighted by molar-refractivity contribution is 0.0717. The summed E-state index contributed by atoms with van der Waals surface area (Å²) in [7, 11) is 0. The first-order chi connectivity index (χ1) is 11.8. The summed E-state index contributed by atoms with van der Waals surface area (Å²) in [5.41, 5.74) is 0.846. The molecule has 1 fully saturated rings. The Kier molecular flexibility index (Phi) is 4.66. The maximum atomic E-state index is 12.8. The molecular weight excluding hydrogens is 316 g/mol. The molecule has 2 amide bonds. The van der Waals surface area contributed by atoms with Gasteiger partial charge in [-0.25, -0.2) is 0 Å². The molecule has 0 aliphatic heterocycles. The number of benzene rings is 1. The van der Waals surface area contributed by atoms with Crippen LogP contribution in [0.15, 0.2) is 47.1 Å². The van der Waals surface area contributed by atoms with Crippen LogP contribution in [0.25, 0.3) is 0 Å². The van der Waals surface area contributed by atoms with E-state index in [0.717, 1.165) is 18.6 Å². The lowest BCUT2D eigenvalue weighted by Gasteiger charge is -2.22. The third-order valence-corrected chi connectivity index (χ3v) is 4.04. The fraction of sp³-hybridized carbons (Fsp3) is 0.400. The number of hydrogen-bond donors (Lipinski definition) is 1. The normalized spacial score (nSPS) is 14.2. The number of amides is 2. The maximum absolute atomic E-state index is 12.8. The van der Waals surface area contributed by atoms with Crippen LogP contribution < -0.4 is 5.32 Å². The SMILES string of the molecule is CC(C)(C)NC(=O)c1ccc(C(=O)N(Cc2ccco2)C2CC2)cc1. The number of carbonyl (C=O) groups excluding carboxylic acids is 2. The second-order valence-electron chi connectivity index (χ2n) is 7.53. The van der Waals surface area contributed by atoms with E-state index in [0.29, 0.717) is 17.7 Å². The Morgan fingerprint density at radius 3 is 2.28 bits per heavy atom. The molecule has 1 heterocycles. The van der Waals surface area contributed by atoms with Crippen LogP contribution in [-0.4, -0.2) is 28.3 Å². The van der Waals surface area contributed by atoms with Crippen molar-refractivity contribution in [2.75, 3.05) is 0 Å². The monoisotopic (exact) mass is 340 g/mol. The Morgan fingerprint density at radius 1 is 1.12 bits per heavy atom. The highest BCUT2D eigenvalue weighted by Crippen LogP contribution is 2.30. The van der Waals surface area contributed by atoms with Crippen molar-refractivity contribution >= 4 is 11.8 Å². The molecule has 5 nitrogen and oxygen atoms in total. The van der Waals surface area contributed by atoms with Gasteiger partial charge in [0.2, 0.25) is 0 Å². The van der Waals surface area contributed by atoms with Gasteiger partial charge >= 0.3 is 0 Å². The molecule has 1 N–H and O–H groups in total. The fourth-order valence-corrected chi connectivity index (χ4v) is 2.67. The summed E-state index contributed by atoms with van der Waals surface area (Å²) >= 11 is 0. The van der Waals surface area contributed by atoms with Gasteiger partial charge in [0.05, 0.1) is 12.8 Å². The van der Waals surface area contributed by atoms with Crippen LogP contribution in [-0.2, 0) is 6.54 Å². The van der Waals surface area contributed by atoms with Crippen LogP contribution in [0.4, 0.5) is 0 Å². The lowest BCUT2D eigenvalue weighted by Crippen LogP contribution is -2.40.